The van der Waals surface area contributed by atoms with Crippen LogP contribution in [0.2, 0.25) is 5.02 Å². The number of halogens is 2. The molecule has 2 aromatic carbocycles. The van der Waals surface area contributed by atoms with Crippen LogP contribution in [0.1, 0.15) is 22.7 Å². The first kappa shape index (κ1) is 15.8. The maximum absolute atomic E-state index is 14.0. The molecule has 0 aromatic heterocycles. The number of hydrogen-bond acceptors (Lipinski definition) is 2. The van der Waals surface area contributed by atoms with Crippen molar-refractivity contribution in [2.45, 2.75) is 19.4 Å². The zero-order valence-electron chi connectivity index (χ0n) is 12.4. The molecular weight excluding hydrogens is 289 g/mol. The topological polar surface area (TPSA) is 21.3 Å². The number of likely N-dealkylation sites (N-methyl/N-ethyl adjacent to an activating group) is 1. The van der Waals surface area contributed by atoms with Crippen LogP contribution in [0, 0.1) is 12.7 Å². The Hall–Kier alpha value is -1.58. The van der Waals surface area contributed by atoms with Crippen molar-refractivity contribution in [2.24, 2.45) is 0 Å². The van der Waals surface area contributed by atoms with Crippen molar-refractivity contribution in [3.8, 4) is 5.75 Å². The van der Waals surface area contributed by atoms with Gasteiger partial charge >= 0.3 is 0 Å². The second-order valence-electron chi connectivity index (χ2n) is 4.99. The van der Waals surface area contributed by atoms with Crippen LogP contribution >= 0.6 is 11.6 Å². The molecular formula is C17H19ClFNO. The summed E-state index contributed by atoms with van der Waals surface area (Å²) in [6.07, 6.45) is 0.523. The van der Waals surface area contributed by atoms with E-state index in [9.17, 15) is 4.39 Å². The summed E-state index contributed by atoms with van der Waals surface area (Å²) in [7, 11) is 3.51. The minimum absolute atomic E-state index is 0.00698. The lowest BCUT2D eigenvalue weighted by molar-refractivity contribution is 0.410. The van der Waals surface area contributed by atoms with Gasteiger partial charge in [0.25, 0.3) is 0 Å². The van der Waals surface area contributed by atoms with Gasteiger partial charge in [0.2, 0.25) is 0 Å². The van der Waals surface area contributed by atoms with Gasteiger partial charge in [-0.05, 0) is 49.2 Å². The third-order valence-electron chi connectivity index (χ3n) is 3.64. The molecule has 0 saturated carbocycles. The standard InChI is InChI=1S/C17H19ClFNO/c1-11-7-8-12(10-16(11)21-3)15(20-2)9-13-5-4-6-14(18)17(13)19/h4-8,10,15,20H,9H2,1-3H3. The van der Waals surface area contributed by atoms with Crippen molar-refractivity contribution in [1.82, 2.24) is 5.32 Å². The van der Waals surface area contributed by atoms with Crippen molar-refractivity contribution in [1.29, 1.82) is 0 Å². The largest absolute Gasteiger partial charge is 0.496 e. The average molecular weight is 308 g/mol. The van der Waals surface area contributed by atoms with Gasteiger partial charge in [0, 0.05) is 6.04 Å². The quantitative estimate of drug-likeness (QED) is 0.889. The summed E-state index contributed by atoms with van der Waals surface area (Å²) in [5, 5.41) is 3.38. The summed E-state index contributed by atoms with van der Waals surface area (Å²) in [6.45, 7) is 1.99. The number of nitrogens with one attached hydrogen (secondary N) is 1. The lowest BCUT2D eigenvalue weighted by atomic mass is 9.97. The van der Waals surface area contributed by atoms with Gasteiger partial charge in [-0.15, -0.1) is 0 Å². The molecule has 1 atom stereocenters. The molecule has 0 bridgehead atoms. The number of methoxy groups -OCH3 is 1. The zero-order chi connectivity index (χ0) is 15.4. The molecule has 2 aromatic rings. The predicted molar refractivity (Wildman–Crippen MR) is 84.6 cm³/mol. The first-order valence-electron chi connectivity index (χ1n) is 6.81. The molecule has 0 fully saturated rings. The van der Waals surface area contributed by atoms with Crippen LogP contribution < -0.4 is 10.1 Å². The molecule has 0 saturated heterocycles. The number of aryl methyl sites for hydroxylation is 1. The Kier molecular flexibility index (Phi) is 5.21. The Balaban J connectivity index is 2.30. The minimum Gasteiger partial charge on any atom is -0.496 e. The number of rotatable bonds is 5. The number of ether oxygens (including phenoxy) is 1. The zero-order valence-corrected chi connectivity index (χ0v) is 13.2. The van der Waals surface area contributed by atoms with Crippen LogP contribution in [0.25, 0.3) is 0 Å². The van der Waals surface area contributed by atoms with Crippen molar-refractivity contribution < 1.29 is 9.13 Å². The van der Waals surface area contributed by atoms with Crippen LogP contribution in [-0.4, -0.2) is 14.2 Å². The second kappa shape index (κ2) is 6.92. The van der Waals surface area contributed by atoms with Gasteiger partial charge in [-0.1, -0.05) is 35.9 Å². The smallest absolute Gasteiger partial charge is 0.145 e. The molecule has 21 heavy (non-hydrogen) atoms. The third kappa shape index (κ3) is 3.55. The van der Waals surface area contributed by atoms with Crippen LogP contribution in [0.3, 0.4) is 0 Å². The number of hydrogen-bond donors (Lipinski definition) is 1. The maximum Gasteiger partial charge on any atom is 0.145 e. The summed E-state index contributed by atoms with van der Waals surface area (Å²) in [5.74, 6) is 0.484. The molecule has 0 radical (unpaired) electrons. The van der Waals surface area contributed by atoms with Gasteiger partial charge in [0.05, 0.1) is 12.1 Å². The van der Waals surface area contributed by atoms with Crippen molar-refractivity contribution in [3.05, 3.63) is 63.9 Å². The summed E-state index contributed by atoms with van der Waals surface area (Å²) in [4.78, 5) is 0. The Morgan fingerprint density at radius 1 is 1.29 bits per heavy atom. The van der Waals surface area contributed by atoms with E-state index >= 15 is 0 Å². The Bertz CT molecular complexity index is 630. The normalized spacial score (nSPS) is 12.2. The lowest BCUT2D eigenvalue weighted by Gasteiger charge is -2.19. The molecule has 1 N–H and O–H groups in total. The summed E-state index contributed by atoms with van der Waals surface area (Å²) < 4.78 is 19.4. The van der Waals surface area contributed by atoms with E-state index in [0.29, 0.717) is 12.0 Å². The highest BCUT2D eigenvalue weighted by molar-refractivity contribution is 6.30. The van der Waals surface area contributed by atoms with Crippen molar-refractivity contribution in [2.75, 3.05) is 14.2 Å². The summed E-state index contributed by atoms with van der Waals surface area (Å²) >= 11 is 5.84. The molecule has 112 valence electrons. The molecule has 0 aliphatic heterocycles. The van der Waals surface area contributed by atoms with E-state index in [-0.39, 0.29) is 16.9 Å². The van der Waals surface area contributed by atoms with E-state index in [1.54, 1.807) is 25.3 Å². The highest BCUT2D eigenvalue weighted by Gasteiger charge is 2.15. The van der Waals surface area contributed by atoms with Crippen molar-refractivity contribution in [3.63, 3.8) is 0 Å². The Labute approximate surface area is 129 Å². The molecule has 0 heterocycles. The van der Waals surface area contributed by atoms with E-state index in [4.69, 9.17) is 16.3 Å². The van der Waals surface area contributed by atoms with Crippen LogP contribution in [0.15, 0.2) is 36.4 Å². The van der Waals surface area contributed by atoms with Gasteiger partial charge in [0.1, 0.15) is 11.6 Å². The molecule has 1 unspecified atom stereocenters. The molecule has 2 rings (SSSR count). The highest BCUT2D eigenvalue weighted by atomic mass is 35.5. The first-order chi connectivity index (χ1) is 10.1. The predicted octanol–water partition coefficient (Wildman–Crippen LogP) is 4.30. The van der Waals surface area contributed by atoms with Gasteiger partial charge in [-0.25, -0.2) is 4.39 Å². The van der Waals surface area contributed by atoms with Gasteiger partial charge in [-0.3, -0.25) is 0 Å². The molecule has 2 nitrogen and oxygen atoms in total. The number of benzene rings is 2. The molecule has 4 heteroatoms. The van der Waals surface area contributed by atoms with E-state index < -0.39 is 0 Å². The monoisotopic (exact) mass is 307 g/mol. The summed E-state index contributed by atoms with van der Waals surface area (Å²) in [6, 6.07) is 11.1. The van der Waals surface area contributed by atoms with E-state index in [1.165, 1.54) is 0 Å². The van der Waals surface area contributed by atoms with Crippen LogP contribution in [0.5, 0.6) is 5.75 Å². The average Bonchev–Trinajstić information content (AvgIpc) is 2.49. The van der Waals surface area contributed by atoms with Crippen LogP contribution in [0.4, 0.5) is 4.39 Å². The van der Waals surface area contributed by atoms with E-state index in [0.717, 1.165) is 16.9 Å². The molecule has 0 amide bonds. The maximum atomic E-state index is 14.0. The fourth-order valence-electron chi connectivity index (χ4n) is 2.37. The first-order valence-corrected chi connectivity index (χ1v) is 7.19. The van der Waals surface area contributed by atoms with Gasteiger partial charge in [0.15, 0.2) is 0 Å². The SMILES string of the molecule is CNC(Cc1cccc(Cl)c1F)c1ccc(C)c(OC)c1. The van der Waals surface area contributed by atoms with Crippen molar-refractivity contribution >= 4 is 11.6 Å². The second-order valence-corrected chi connectivity index (χ2v) is 5.39. The highest BCUT2D eigenvalue weighted by Crippen LogP contribution is 2.27. The van der Waals surface area contributed by atoms with Crippen LogP contribution in [-0.2, 0) is 6.42 Å². The molecule has 0 spiro atoms. The fourth-order valence-corrected chi connectivity index (χ4v) is 2.56. The molecule has 0 aliphatic rings. The Morgan fingerprint density at radius 2 is 2.05 bits per heavy atom. The summed E-state index contributed by atoms with van der Waals surface area (Å²) in [5.41, 5.74) is 2.73. The minimum atomic E-state index is -0.349. The Morgan fingerprint density at radius 3 is 2.71 bits per heavy atom. The van der Waals surface area contributed by atoms with Gasteiger partial charge in [-0.2, -0.15) is 0 Å². The van der Waals surface area contributed by atoms with E-state index in [1.807, 2.05) is 32.2 Å². The lowest BCUT2D eigenvalue weighted by Crippen LogP contribution is -2.19. The third-order valence-corrected chi connectivity index (χ3v) is 3.93. The van der Waals surface area contributed by atoms with Gasteiger partial charge < -0.3 is 10.1 Å². The van der Waals surface area contributed by atoms with E-state index in [2.05, 4.69) is 5.32 Å². The molecule has 0 aliphatic carbocycles. The fraction of sp³-hybridized carbons (Fsp3) is 0.294.